The molecule has 102 valence electrons. The number of fused-ring (bicyclic) bond motifs is 11. The molecule has 0 fully saturated rings. The summed E-state index contributed by atoms with van der Waals surface area (Å²) in [7, 11) is 0. The lowest BCUT2D eigenvalue weighted by molar-refractivity contribution is 0.0312. The number of esters is 2. The maximum Gasteiger partial charge on any atom is 0.338 e. The average molecular weight is 262 g/mol. The molecule has 1 aromatic carbocycles. The van der Waals surface area contributed by atoms with E-state index < -0.39 is 0 Å². The minimum Gasteiger partial charge on any atom is -0.462 e. The summed E-state index contributed by atoms with van der Waals surface area (Å²) in [4.78, 5) is 23.5. The van der Waals surface area contributed by atoms with E-state index in [1.165, 1.54) is 0 Å². The molecule has 1 unspecified atom stereocenters. The van der Waals surface area contributed by atoms with E-state index in [1.54, 1.807) is 24.3 Å². The highest BCUT2D eigenvalue weighted by Crippen LogP contribution is 2.13. The quantitative estimate of drug-likeness (QED) is 0.674. The van der Waals surface area contributed by atoms with Crippen LogP contribution in [0.5, 0.6) is 0 Å². The largest absolute Gasteiger partial charge is 0.462 e. The van der Waals surface area contributed by atoms with Crippen LogP contribution in [-0.2, 0) is 9.47 Å². The molecule has 2 aliphatic heterocycles. The zero-order chi connectivity index (χ0) is 13.7. The number of carbonyl (C=O) groups excluding carboxylic acids is 2. The fraction of sp³-hybridized carbons (Fsp3) is 0.467. The highest BCUT2D eigenvalue weighted by Gasteiger charge is 2.14. The maximum absolute atomic E-state index is 11.8. The third-order valence-electron chi connectivity index (χ3n) is 3.15. The van der Waals surface area contributed by atoms with Crippen molar-refractivity contribution in [2.45, 2.75) is 38.7 Å². The van der Waals surface area contributed by atoms with Gasteiger partial charge in [0.25, 0.3) is 0 Å². The zero-order valence-corrected chi connectivity index (χ0v) is 11.1. The Morgan fingerprint density at radius 3 is 2.26 bits per heavy atom. The fourth-order valence-corrected chi connectivity index (χ4v) is 2.01. The van der Waals surface area contributed by atoms with Gasteiger partial charge in [-0.15, -0.1) is 0 Å². The summed E-state index contributed by atoms with van der Waals surface area (Å²) < 4.78 is 10.5. The molecule has 19 heavy (non-hydrogen) atoms. The number of hydrogen-bond acceptors (Lipinski definition) is 4. The monoisotopic (exact) mass is 262 g/mol. The first-order chi connectivity index (χ1) is 9.16. The summed E-state index contributed by atoms with van der Waals surface area (Å²) in [6.07, 6.45) is 3.51. The van der Waals surface area contributed by atoms with Gasteiger partial charge in [0, 0.05) is 0 Å². The lowest BCUT2D eigenvalue weighted by Gasteiger charge is -2.14. The smallest absolute Gasteiger partial charge is 0.338 e. The minimum atomic E-state index is -0.343. The summed E-state index contributed by atoms with van der Waals surface area (Å²) in [6.45, 7) is 2.34. The van der Waals surface area contributed by atoms with Gasteiger partial charge >= 0.3 is 11.9 Å². The highest BCUT2D eigenvalue weighted by atomic mass is 16.5. The molecule has 4 heteroatoms. The lowest BCUT2D eigenvalue weighted by atomic mass is 10.1. The number of benzene rings is 1. The third kappa shape index (κ3) is 3.81. The summed E-state index contributed by atoms with van der Waals surface area (Å²) in [5, 5.41) is 0. The van der Waals surface area contributed by atoms with Crippen LogP contribution in [0.2, 0.25) is 0 Å². The second-order valence-electron chi connectivity index (χ2n) is 4.78. The Morgan fingerprint density at radius 2 is 1.58 bits per heavy atom. The van der Waals surface area contributed by atoms with Crippen molar-refractivity contribution in [3.63, 3.8) is 0 Å². The predicted octanol–water partition coefficient (Wildman–Crippen LogP) is 2.96. The van der Waals surface area contributed by atoms with E-state index in [2.05, 4.69) is 0 Å². The Morgan fingerprint density at radius 1 is 0.947 bits per heavy atom. The van der Waals surface area contributed by atoms with Crippen LogP contribution in [0.3, 0.4) is 0 Å². The summed E-state index contributed by atoms with van der Waals surface area (Å²) in [5.41, 5.74) is 0.919. The highest BCUT2D eigenvalue weighted by molar-refractivity contribution is 5.93. The number of ether oxygens (including phenoxy) is 2. The Labute approximate surface area is 112 Å². The normalized spacial score (nSPS) is 21.4. The van der Waals surface area contributed by atoms with Gasteiger partial charge < -0.3 is 9.47 Å². The van der Waals surface area contributed by atoms with Gasteiger partial charge in [0.1, 0.15) is 0 Å². The molecule has 1 atom stereocenters. The molecule has 0 radical (unpaired) electrons. The van der Waals surface area contributed by atoms with Crippen LogP contribution in [0.25, 0.3) is 0 Å². The molecule has 0 amide bonds. The van der Waals surface area contributed by atoms with Gasteiger partial charge in [-0.25, -0.2) is 9.59 Å². The van der Waals surface area contributed by atoms with Crippen molar-refractivity contribution in [3.8, 4) is 0 Å². The van der Waals surface area contributed by atoms with E-state index in [-0.39, 0.29) is 18.0 Å². The third-order valence-corrected chi connectivity index (χ3v) is 3.15. The first-order valence-corrected chi connectivity index (χ1v) is 6.65. The van der Waals surface area contributed by atoms with Crippen molar-refractivity contribution < 1.29 is 19.1 Å². The molecule has 2 heterocycles. The summed E-state index contributed by atoms with van der Waals surface area (Å²) in [6, 6.07) is 6.37. The molecule has 1 aromatic rings. The van der Waals surface area contributed by atoms with Gasteiger partial charge in [-0.1, -0.05) is 0 Å². The van der Waals surface area contributed by atoms with E-state index in [0.717, 1.165) is 25.7 Å². The van der Waals surface area contributed by atoms with Crippen LogP contribution in [0, 0.1) is 0 Å². The van der Waals surface area contributed by atoms with Crippen molar-refractivity contribution >= 4 is 11.9 Å². The molecule has 0 aromatic heterocycles. The number of carbonyl (C=O) groups is 2. The first-order valence-electron chi connectivity index (χ1n) is 6.65. The first kappa shape index (κ1) is 13.6. The molecule has 2 aliphatic rings. The van der Waals surface area contributed by atoms with Gasteiger partial charge in [0.05, 0.1) is 23.8 Å². The van der Waals surface area contributed by atoms with Crippen molar-refractivity contribution in [2.24, 2.45) is 0 Å². The van der Waals surface area contributed by atoms with Gasteiger partial charge in [-0.05, 0) is 56.9 Å². The Hall–Kier alpha value is -1.84. The lowest BCUT2D eigenvalue weighted by Crippen LogP contribution is -2.16. The molecule has 0 aliphatic carbocycles. The van der Waals surface area contributed by atoms with Crippen LogP contribution in [-0.4, -0.2) is 24.6 Å². The summed E-state index contributed by atoms with van der Waals surface area (Å²) in [5.74, 6) is -0.685. The second kappa shape index (κ2) is 6.36. The van der Waals surface area contributed by atoms with Crippen molar-refractivity contribution in [1.82, 2.24) is 0 Å². The molecule has 0 spiro atoms. The van der Waals surface area contributed by atoms with Gasteiger partial charge in [0.2, 0.25) is 0 Å². The fourth-order valence-electron chi connectivity index (χ4n) is 2.01. The molecule has 2 bridgehead atoms. The Bertz CT molecular complexity index is 450. The van der Waals surface area contributed by atoms with Gasteiger partial charge in [0.15, 0.2) is 0 Å². The maximum atomic E-state index is 11.8. The number of rotatable bonds is 0. The van der Waals surface area contributed by atoms with E-state index in [1.807, 2.05) is 6.92 Å². The van der Waals surface area contributed by atoms with Crippen LogP contribution in [0.4, 0.5) is 0 Å². The number of hydrogen-bond donors (Lipinski definition) is 0. The average Bonchev–Trinajstić information content (AvgIpc) is 2.41. The van der Waals surface area contributed by atoms with E-state index in [9.17, 15) is 9.59 Å². The second-order valence-corrected chi connectivity index (χ2v) is 4.78. The van der Waals surface area contributed by atoms with Crippen molar-refractivity contribution in [1.29, 1.82) is 0 Å². The van der Waals surface area contributed by atoms with E-state index in [4.69, 9.17) is 9.47 Å². The predicted molar refractivity (Wildman–Crippen MR) is 70.1 cm³/mol. The van der Waals surface area contributed by atoms with Crippen molar-refractivity contribution in [2.75, 3.05) is 6.61 Å². The summed E-state index contributed by atoms with van der Waals surface area (Å²) >= 11 is 0. The van der Waals surface area contributed by atoms with E-state index in [0.29, 0.717) is 17.7 Å². The Balaban J connectivity index is 2.16. The standard InChI is InChI=1S/C15H18O4/c1-11-5-3-2-4-10-18-14(16)12-6-8-13(9-7-12)15(17)19-11/h6-9,11H,2-5,10H2,1H3. The molecule has 4 nitrogen and oxygen atoms in total. The minimum absolute atomic E-state index is 0.0855. The topological polar surface area (TPSA) is 52.6 Å². The molecular formula is C15H18O4. The molecular weight excluding hydrogens is 244 g/mol. The zero-order valence-electron chi connectivity index (χ0n) is 11.1. The Kier molecular flexibility index (Phi) is 4.55. The van der Waals surface area contributed by atoms with Crippen LogP contribution in [0.15, 0.2) is 24.3 Å². The van der Waals surface area contributed by atoms with Gasteiger partial charge in [-0.3, -0.25) is 0 Å². The van der Waals surface area contributed by atoms with Crippen LogP contribution < -0.4 is 0 Å². The molecule has 0 saturated carbocycles. The van der Waals surface area contributed by atoms with Crippen molar-refractivity contribution in [3.05, 3.63) is 35.4 Å². The molecule has 0 N–H and O–H groups in total. The SMILES string of the molecule is CC1CCCCCOC(=O)c2ccc(cc2)C(=O)O1. The van der Waals surface area contributed by atoms with E-state index >= 15 is 0 Å². The van der Waals surface area contributed by atoms with Crippen LogP contribution in [0.1, 0.15) is 53.3 Å². The van der Waals surface area contributed by atoms with Crippen LogP contribution >= 0.6 is 0 Å². The molecule has 0 saturated heterocycles. The van der Waals surface area contributed by atoms with Gasteiger partial charge in [-0.2, -0.15) is 0 Å². The molecule has 3 rings (SSSR count).